The average molecular weight is 489 g/mol. The first-order valence-electron chi connectivity index (χ1n) is 12.3. The monoisotopic (exact) mass is 488 g/mol. The van der Waals surface area contributed by atoms with Crippen molar-refractivity contribution in [1.82, 2.24) is 29.8 Å². The van der Waals surface area contributed by atoms with Gasteiger partial charge in [0.25, 0.3) is 5.91 Å². The van der Waals surface area contributed by atoms with Gasteiger partial charge in [-0.25, -0.2) is 0 Å². The van der Waals surface area contributed by atoms with Crippen molar-refractivity contribution in [3.8, 4) is 0 Å². The summed E-state index contributed by atoms with van der Waals surface area (Å²) in [6.45, 7) is 5.02. The molecule has 3 N–H and O–H groups in total. The van der Waals surface area contributed by atoms with E-state index in [0.29, 0.717) is 41.3 Å². The summed E-state index contributed by atoms with van der Waals surface area (Å²) in [5, 5.41) is 13.5. The maximum absolute atomic E-state index is 12.0. The van der Waals surface area contributed by atoms with Crippen molar-refractivity contribution in [3.63, 3.8) is 0 Å². The smallest absolute Gasteiger partial charge is 0.254 e. The third-order valence-electron chi connectivity index (χ3n) is 6.51. The van der Waals surface area contributed by atoms with E-state index in [4.69, 9.17) is 4.74 Å². The molecule has 0 spiro atoms. The van der Waals surface area contributed by atoms with Crippen molar-refractivity contribution >= 4 is 35.4 Å². The molecule has 2 aliphatic heterocycles. The lowest BCUT2D eigenvalue weighted by molar-refractivity contribution is -0.124. The Bertz CT molecular complexity index is 1320. The zero-order valence-corrected chi connectivity index (χ0v) is 19.9. The molecule has 186 valence electrons. The molecule has 2 aromatic heterocycles. The third kappa shape index (κ3) is 5.07. The Morgan fingerprint density at radius 2 is 1.86 bits per heavy atom. The van der Waals surface area contributed by atoms with Crippen LogP contribution in [0.1, 0.15) is 36.0 Å². The lowest BCUT2D eigenvalue weighted by atomic mass is 10.1. The largest absolute Gasteiger partial charge is 0.379 e. The fourth-order valence-electron chi connectivity index (χ4n) is 4.35. The maximum Gasteiger partial charge on any atom is 0.254 e. The van der Waals surface area contributed by atoms with Crippen molar-refractivity contribution < 1.29 is 14.3 Å². The topological polar surface area (TPSA) is 126 Å². The van der Waals surface area contributed by atoms with E-state index in [1.807, 2.05) is 0 Å². The molecule has 11 nitrogen and oxygen atoms in total. The molecule has 6 rings (SSSR count). The van der Waals surface area contributed by atoms with E-state index >= 15 is 0 Å². The molecule has 2 saturated heterocycles. The molecular weight excluding hydrogens is 460 g/mol. The van der Waals surface area contributed by atoms with Crippen LogP contribution in [0.4, 0.5) is 11.9 Å². The summed E-state index contributed by atoms with van der Waals surface area (Å²) in [5.41, 5.74) is 4.03. The van der Waals surface area contributed by atoms with E-state index in [1.165, 1.54) is 5.56 Å². The van der Waals surface area contributed by atoms with Gasteiger partial charge in [-0.3, -0.25) is 19.8 Å². The average Bonchev–Trinajstić information content (AvgIpc) is 3.52. The molecule has 2 amide bonds. The second-order valence-corrected chi connectivity index (χ2v) is 9.41. The number of rotatable bonds is 8. The molecule has 3 aromatic rings. The van der Waals surface area contributed by atoms with Crippen LogP contribution in [-0.4, -0.2) is 68.6 Å². The standard InChI is InChI=1S/C25H28N8O3/c34-21-12-18(23(35)29-21)11-19-14-27-33-22(19)30-24(31-25(33)28-20-5-6-20)26-13-16-1-3-17(4-2-16)15-32-7-9-36-10-8-32/h1-4,11,14,20H,5-10,12-13,15H2,(H,29,34,35)(H2,26,28,30,31)/b18-11+. The molecule has 0 atom stereocenters. The predicted molar refractivity (Wildman–Crippen MR) is 133 cm³/mol. The molecule has 0 bridgehead atoms. The van der Waals surface area contributed by atoms with Crippen LogP contribution in [0.2, 0.25) is 0 Å². The second-order valence-electron chi connectivity index (χ2n) is 9.41. The lowest BCUT2D eigenvalue weighted by Crippen LogP contribution is -2.35. The van der Waals surface area contributed by atoms with Crippen LogP contribution in [-0.2, 0) is 27.4 Å². The number of fused-ring (bicyclic) bond motifs is 1. The van der Waals surface area contributed by atoms with Crippen molar-refractivity contribution in [3.05, 3.63) is 52.7 Å². The highest BCUT2D eigenvalue weighted by Gasteiger charge is 2.26. The Labute approximate surface area is 207 Å². The molecule has 11 heteroatoms. The van der Waals surface area contributed by atoms with Crippen molar-refractivity contribution in [2.75, 3.05) is 36.9 Å². The minimum atomic E-state index is -0.375. The molecule has 3 aliphatic rings. The molecule has 0 radical (unpaired) electrons. The van der Waals surface area contributed by atoms with Crippen LogP contribution in [0.5, 0.6) is 0 Å². The van der Waals surface area contributed by atoms with Gasteiger partial charge in [-0.2, -0.15) is 19.6 Å². The number of hydrogen-bond donors (Lipinski definition) is 3. The summed E-state index contributed by atoms with van der Waals surface area (Å²) in [6.07, 6.45) is 5.55. The van der Waals surface area contributed by atoms with E-state index in [0.717, 1.165) is 51.3 Å². The number of imide groups is 1. The van der Waals surface area contributed by atoms with Gasteiger partial charge in [0.1, 0.15) is 0 Å². The van der Waals surface area contributed by atoms with Gasteiger partial charge in [0.2, 0.25) is 17.8 Å². The number of carbonyl (C=O) groups excluding carboxylic acids is 2. The Balaban J connectivity index is 1.20. The van der Waals surface area contributed by atoms with Gasteiger partial charge in [0.15, 0.2) is 5.65 Å². The molecule has 0 unspecified atom stereocenters. The van der Waals surface area contributed by atoms with Gasteiger partial charge in [0.05, 0.1) is 25.8 Å². The van der Waals surface area contributed by atoms with Crippen LogP contribution in [0.3, 0.4) is 0 Å². The third-order valence-corrected chi connectivity index (χ3v) is 6.51. The maximum atomic E-state index is 12.0. The van der Waals surface area contributed by atoms with Gasteiger partial charge in [-0.15, -0.1) is 0 Å². The Morgan fingerprint density at radius 3 is 2.58 bits per heavy atom. The van der Waals surface area contributed by atoms with Crippen molar-refractivity contribution in [1.29, 1.82) is 0 Å². The summed E-state index contributed by atoms with van der Waals surface area (Å²) in [4.78, 5) is 35.4. The van der Waals surface area contributed by atoms with Crippen LogP contribution in [0, 0.1) is 0 Å². The summed E-state index contributed by atoms with van der Waals surface area (Å²) < 4.78 is 7.07. The number of aromatic nitrogens is 4. The number of nitrogens with one attached hydrogen (secondary N) is 3. The van der Waals surface area contributed by atoms with Crippen molar-refractivity contribution in [2.24, 2.45) is 0 Å². The number of ether oxygens (including phenoxy) is 1. The zero-order valence-electron chi connectivity index (χ0n) is 19.9. The lowest BCUT2D eigenvalue weighted by Gasteiger charge is -2.26. The van der Waals surface area contributed by atoms with Gasteiger partial charge < -0.3 is 15.4 Å². The minimum absolute atomic E-state index is 0.0566. The number of benzene rings is 1. The fraction of sp³-hybridized carbons (Fsp3) is 0.400. The number of morpholine rings is 1. The normalized spacial score (nSPS) is 19.7. The summed E-state index contributed by atoms with van der Waals surface area (Å²) in [5.74, 6) is 0.393. The van der Waals surface area contributed by atoms with Crippen molar-refractivity contribution in [2.45, 2.75) is 38.4 Å². The highest BCUT2D eigenvalue weighted by Crippen LogP contribution is 2.26. The Morgan fingerprint density at radius 1 is 1.08 bits per heavy atom. The first-order valence-corrected chi connectivity index (χ1v) is 12.3. The van der Waals surface area contributed by atoms with E-state index < -0.39 is 0 Å². The summed E-state index contributed by atoms with van der Waals surface area (Å²) in [6, 6.07) is 8.93. The molecule has 36 heavy (non-hydrogen) atoms. The summed E-state index contributed by atoms with van der Waals surface area (Å²) in [7, 11) is 0. The molecule has 1 aliphatic carbocycles. The van der Waals surface area contributed by atoms with E-state index in [2.05, 4.69) is 60.2 Å². The number of nitrogens with zero attached hydrogens (tertiary/aromatic N) is 5. The van der Waals surface area contributed by atoms with E-state index in [1.54, 1.807) is 16.8 Å². The molecule has 1 saturated carbocycles. The first-order chi connectivity index (χ1) is 17.6. The number of carbonyl (C=O) groups is 2. The number of hydrogen-bond acceptors (Lipinski definition) is 9. The molecule has 1 aromatic carbocycles. The highest BCUT2D eigenvalue weighted by molar-refractivity contribution is 6.15. The zero-order chi connectivity index (χ0) is 24.5. The first kappa shape index (κ1) is 22.6. The number of amides is 2. The highest BCUT2D eigenvalue weighted by atomic mass is 16.5. The van der Waals surface area contributed by atoms with Crippen LogP contribution in [0.15, 0.2) is 36.0 Å². The second kappa shape index (κ2) is 9.67. The van der Waals surface area contributed by atoms with E-state index in [9.17, 15) is 9.59 Å². The van der Waals surface area contributed by atoms with Crippen LogP contribution >= 0.6 is 0 Å². The summed E-state index contributed by atoms with van der Waals surface area (Å²) >= 11 is 0. The molecule has 3 fully saturated rings. The minimum Gasteiger partial charge on any atom is -0.379 e. The molecular formula is C25H28N8O3. The van der Waals surface area contributed by atoms with Crippen LogP contribution < -0.4 is 16.0 Å². The number of anilines is 2. The SMILES string of the molecule is O=C1C/C(=C\c2cnn3c(NC4CC4)nc(NCc4ccc(CN5CCOCC5)cc4)nc23)C(=O)N1. The van der Waals surface area contributed by atoms with E-state index in [-0.39, 0.29) is 18.2 Å². The fourth-order valence-corrected chi connectivity index (χ4v) is 4.35. The Kier molecular flexibility index (Phi) is 6.08. The predicted octanol–water partition coefficient (Wildman–Crippen LogP) is 1.57. The van der Waals surface area contributed by atoms with Gasteiger partial charge >= 0.3 is 0 Å². The van der Waals surface area contributed by atoms with Gasteiger partial charge in [-0.05, 0) is 30.0 Å². The van der Waals surface area contributed by atoms with Crippen LogP contribution in [0.25, 0.3) is 11.7 Å². The van der Waals surface area contributed by atoms with Gasteiger partial charge in [0, 0.05) is 43.4 Å². The van der Waals surface area contributed by atoms with Gasteiger partial charge in [-0.1, -0.05) is 24.3 Å². The quantitative estimate of drug-likeness (QED) is 0.320. The Hall–Kier alpha value is -3.83. The molecule has 4 heterocycles.